The van der Waals surface area contributed by atoms with Crippen molar-refractivity contribution >= 4 is 0 Å². The number of ether oxygens (including phenoxy) is 1. The van der Waals surface area contributed by atoms with Gasteiger partial charge in [-0.3, -0.25) is 5.73 Å². The Morgan fingerprint density at radius 1 is 1.14 bits per heavy atom. The fourth-order valence-electron chi connectivity index (χ4n) is 1.68. The molecule has 0 saturated heterocycles. The molecule has 0 aliphatic heterocycles. The van der Waals surface area contributed by atoms with Gasteiger partial charge < -0.3 is 9.84 Å². The van der Waals surface area contributed by atoms with E-state index in [2.05, 4.69) is 9.97 Å². The molecule has 118 valence electrons. The first-order valence-electron chi connectivity index (χ1n) is 6.40. The van der Waals surface area contributed by atoms with Crippen LogP contribution >= 0.6 is 0 Å². The minimum atomic E-state index is -4.88. The van der Waals surface area contributed by atoms with Gasteiger partial charge in [-0.15, -0.1) is 0 Å². The lowest BCUT2D eigenvalue weighted by atomic mass is 10.0. The normalized spacial score (nSPS) is 14.4. The molecular formula is C14H14F3N3O2. The van der Waals surface area contributed by atoms with E-state index in [1.54, 1.807) is 30.3 Å². The summed E-state index contributed by atoms with van der Waals surface area (Å²) >= 11 is 0. The van der Waals surface area contributed by atoms with E-state index in [1.165, 1.54) is 12.4 Å². The average molecular weight is 313 g/mol. The molecule has 3 N–H and O–H groups in total. The highest BCUT2D eigenvalue weighted by atomic mass is 19.4. The smallest absolute Gasteiger partial charge is 0.424 e. The summed E-state index contributed by atoms with van der Waals surface area (Å²) in [7, 11) is 0. The van der Waals surface area contributed by atoms with Gasteiger partial charge in [-0.25, -0.2) is 9.97 Å². The zero-order chi connectivity index (χ0) is 16.2. The number of aromatic nitrogens is 2. The molecule has 1 heterocycles. The summed E-state index contributed by atoms with van der Waals surface area (Å²) < 4.78 is 42.8. The number of rotatable bonds is 5. The second kappa shape index (κ2) is 6.29. The van der Waals surface area contributed by atoms with Crippen molar-refractivity contribution in [3.63, 3.8) is 0 Å². The molecule has 1 atom stereocenters. The molecule has 0 aliphatic carbocycles. The van der Waals surface area contributed by atoms with E-state index in [4.69, 9.17) is 10.5 Å². The SMILES string of the molecule is NC(O)(CCc1cccc(Oc2ncccn2)c1)C(F)(F)F. The third-order valence-corrected chi connectivity index (χ3v) is 2.94. The highest BCUT2D eigenvalue weighted by molar-refractivity contribution is 5.30. The van der Waals surface area contributed by atoms with Crippen LogP contribution in [0.25, 0.3) is 0 Å². The van der Waals surface area contributed by atoms with Gasteiger partial charge >= 0.3 is 12.2 Å². The van der Waals surface area contributed by atoms with Crippen molar-refractivity contribution in [1.82, 2.24) is 9.97 Å². The molecule has 0 saturated carbocycles. The first kappa shape index (κ1) is 16.2. The zero-order valence-electron chi connectivity index (χ0n) is 11.4. The van der Waals surface area contributed by atoms with Crippen LogP contribution in [0.15, 0.2) is 42.7 Å². The Morgan fingerprint density at radius 3 is 2.45 bits per heavy atom. The molecule has 1 aromatic carbocycles. The van der Waals surface area contributed by atoms with E-state index in [0.29, 0.717) is 11.3 Å². The molecule has 22 heavy (non-hydrogen) atoms. The molecule has 0 bridgehead atoms. The van der Waals surface area contributed by atoms with Crippen LogP contribution in [0.4, 0.5) is 13.2 Å². The van der Waals surface area contributed by atoms with E-state index in [-0.39, 0.29) is 12.4 Å². The molecule has 8 heteroatoms. The summed E-state index contributed by atoms with van der Waals surface area (Å²) in [6.45, 7) is 0. The van der Waals surface area contributed by atoms with Gasteiger partial charge in [-0.1, -0.05) is 12.1 Å². The van der Waals surface area contributed by atoms with E-state index < -0.39 is 18.3 Å². The molecule has 1 unspecified atom stereocenters. The highest BCUT2D eigenvalue weighted by Gasteiger charge is 2.50. The van der Waals surface area contributed by atoms with Gasteiger partial charge in [0, 0.05) is 18.8 Å². The van der Waals surface area contributed by atoms with E-state index >= 15 is 0 Å². The average Bonchev–Trinajstić information content (AvgIpc) is 2.46. The Labute approximate surface area is 124 Å². The zero-order valence-corrected chi connectivity index (χ0v) is 11.4. The maximum atomic E-state index is 12.5. The quantitative estimate of drug-likeness (QED) is 0.829. The van der Waals surface area contributed by atoms with E-state index in [0.717, 1.165) is 0 Å². The fraction of sp³-hybridized carbons (Fsp3) is 0.286. The van der Waals surface area contributed by atoms with Crippen LogP contribution in [-0.2, 0) is 6.42 Å². The van der Waals surface area contributed by atoms with Gasteiger partial charge in [-0.2, -0.15) is 13.2 Å². The third kappa shape index (κ3) is 4.15. The molecule has 0 amide bonds. The number of benzene rings is 1. The maximum Gasteiger partial charge on any atom is 0.430 e. The van der Waals surface area contributed by atoms with Crippen LogP contribution in [0.2, 0.25) is 0 Å². The number of aliphatic hydroxyl groups is 1. The lowest BCUT2D eigenvalue weighted by Crippen LogP contribution is -2.53. The number of hydrogen-bond donors (Lipinski definition) is 2. The van der Waals surface area contributed by atoms with Crippen molar-refractivity contribution in [1.29, 1.82) is 0 Å². The molecule has 0 aliphatic rings. The summed E-state index contributed by atoms with van der Waals surface area (Å²) in [4.78, 5) is 7.76. The number of nitrogens with two attached hydrogens (primary N) is 1. The van der Waals surface area contributed by atoms with E-state index in [1.807, 2.05) is 0 Å². The van der Waals surface area contributed by atoms with Gasteiger partial charge in [0.15, 0.2) is 0 Å². The van der Waals surface area contributed by atoms with Gasteiger partial charge in [0.25, 0.3) is 0 Å². The summed E-state index contributed by atoms with van der Waals surface area (Å²) in [5, 5.41) is 9.22. The maximum absolute atomic E-state index is 12.5. The molecule has 0 spiro atoms. The van der Waals surface area contributed by atoms with E-state index in [9.17, 15) is 18.3 Å². The van der Waals surface area contributed by atoms with Crippen molar-refractivity contribution in [2.45, 2.75) is 24.7 Å². The number of alkyl halides is 3. The van der Waals surface area contributed by atoms with Crippen LogP contribution in [0.1, 0.15) is 12.0 Å². The number of nitrogens with zero attached hydrogens (tertiary/aromatic N) is 2. The Bertz CT molecular complexity index is 618. The van der Waals surface area contributed by atoms with Crippen LogP contribution < -0.4 is 10.5 Å². The Hall–Kier alpha value is -2.19. The summed E-state index contributed by atoms with van der Waals surface area (Å²) in [5.74, 6) is 0.385. The predicted molar refractivity (Wildman–Crippen MR) is 72.1 cm³/mol. The molecule has 2 aromatic rings. The van der Waals surface area contributed by atoms with Gasteiger partial charge in [0.2, 0.25) is 5.72 Å². The van der Waals surface area contributed by atoms with Crippen molar-refractivity contribution in [2.75, 3.05) is 0 Å². The van der Waals surface area contributed by atoms with Gasteiger partial charge in [0.05, 0.1) is 0 Å². The molecule has 1 aromatic heterocycles. The fourth-order valence-corrected chi connectivity index (χ4v) is 1.68. The number of halogens is 3. The molecule has 0 radical (unpaired) electrons. The highest BCUT2D eigenvalue weighted by Crippen LogP contribution is 2.30. The molecule has 5 nitrogen and oxygen atoms in total. The molecule has 2 rings (SSSR count). The van der Waals surface area contributed by atoms with Crippen LogP contribution in [0.3, 0.4) is 0 Å². The Morgan fingerprint density at radius 2 is 1.82 bits per heavy atom. The Balaban J connectivity index is 2.03. The number of hydrogen-bond acceptors (Lipinski definition) is 5. The lowest BCUT2D eigenvalue weighted by molar-refractivity contribution is -0.260. The van der Waals surface area contributed by atoms with Crippen molar-refractivity contribution in [3.8, 4) is 11.8 Å². The summed E-state index contributed by atoms with van der Waals surface area (Å²) in [6, 6.07) is 8.16. The predicted octanol–water partition coefficient (Wildman–Crippen LogP) is 2.41. The second-order valence-corrected chi connectivity index (χ2v) is 4.70. The summed E-state index contributed by atoms with van der Waals surface area (Å²) in [5.41, 5.74) is 2.21. The van der Waals surface area contributed by atoms with Crippen LogP contribution in [0, 0.1) is 0 Å². The van der Waals surface area contributed by atoms with Gasteiger partial charge in [0.1, 0.15) is 5.75 Å². The van der Waals surface area contributed by atoms with Gasteiger partial charge in [-0.05, 0) is 30.2 Å². The monoisotopic (exact) mass is 313 g/mol. The molecular weight excluding hydrogens is 299 g/mol. The minimum absolute atomic E-state index is 0.0562. The second-order valence-electron chi connectivity index (χ2n) is 4.70. The first-order valence-corrected chi connectivity index (χ1v) is 6.40. The topological polar surface area (TPSA) is 81.3 Å². The Kier molecular flexibility index (Phi) is 4.62. The van der Waals surface area contributed by atoms with Crippen LogP contribution in [-0.4, -0.2) is 27.0 Å². The standard InChI is InChI=1S/C14H14F3N3O2/c15-14(16,17)13(18,21)6-5-10-3-1-4-11(9-10)22-12-19-7-2-8-20-12/h1-4,7-9,21H,5-6,18H2. The van der Waals surface area contributed by atoms with Crippen molar-refractivity contribution < 1.29 is 23.0 Å². The third-order valence-electron chi connectivity index (χ3n) is 2.94. The lowest BCUT2D eigenvalue weighted by Gasteiger charge is -2.25. The largest absolute Gasteiger partial charge is 0.430 e. The minimum Gasteiger partial charge on any atom is -0.424 e. The van der Waals surface area contributed by atoms with Crippen molar-refractivity contribution in [2.24, 2.45) is 5.73 Å². The number of aryl methyl sites for hydroxylation is 1. The van der Waals surface area contributed by atoms with Crippen molar-refractivity contribution in [3.05, 3.63) is 48.3 Å². The van der Waals surface area contributed by atoms with Crippen LogP contribution in [0.5, 0.6) is 11.8 Å². The first-order chi connectivity index (χ1) is 10.3. The molecule has 0 fully saturated rings. The summed E-state index contributed by atoms with van der Waals surface area (Å²) in [6.07, 6.45) is -2.58.